The highest BCUT2D eigenvalue weighted by Crippen LogP contribution is 2.39. The Balaban J connectivity index is 1.54. The number of nitrogens with one attached hydrogen (secondary N) is 1. The van der Waals surface area contributed by atoms with E-state index in [9.17, 15) is 4.79 Å². The van der Waals surface area contributed by atoms with Crippen molar-refractivity contribution >= 4 is 50.7 Å². The Morgan fingerprint density at radius 2 is 2.03 bits per heavy atom. The van der Waals surface area contributed by atoms with Crippen LogP contribution in [0.15, 0.2) is 35.5 Å². The molecule has 0 fully saturated rings. The van der Waals surface area contributed by atoms with Crippen molar-refractivity contribution in [2.45, 2.75) is 50.3 Å². The molecule has 1 aromatic carbocycles. The first-order chi connectivity index (χ1) is 13.9. The van der Waals surface area contributed by atoms with E-state index in [0.29, 0.717) is 23.5 Å². The van der Waals surface area contributed by atoms with E-state index in [0.717, 1.165) is 22.3 Å². The molecular weight excluding hydrogens is 404 g/mol. The maximum Gasteiger partial charge on any atom is 0.237 e. The Kier molecular flexibility index (Phi) is 5.76. The number of hydrogen-bond acceptors (Lipinski definition) is 7. The highest BCUT2D eigenvalue weighted by molar-refractivity contribution is 8.00. The van der Waals surface area contributed by atoms with Crippen molar-refractivity contribution in [1.29, 1.82) is 0 Å². The second kappa shape index (κ2) is 8.30. The van der Waals surface area contributed by atoms with Gasteiger partial charge in [-0.2, -0.15) is 0 Å². The molecule has 1 aliphatic rings. The fourth-order valence-electron chi connectivity index (χ4n) is 3.34. The van der Waals surface area contributed by atoms with Gasteiger partial charge in [-0.25, -0.2) is 9.97 Å². The molecule has 3 N–H and O–H groups in total. The van der Waals surface area contributed by atoms with E-state index in [2.05, 4.69) is 24.1 Å². The second-order valence-corrected chi connectivity index (χ2v) is 9.88. The number of anilines is 2. The predicted molar refractivity (Wildman–Crippen MR) is 119 cm³/mol. The number of amides is 1. The summed E-state index contributed by atoms with van der Waals surface area (Å²) in [7, 11) is 0. The molecular formula is C21H24N4O2S2. The van der Waals surface area contributed by atoms with Gasteiger partial charge in [0.1, 0.15) is 10.6 Å². The van der Waals surface area contributed by atoms with Gasteiger partial charge in [0.25, 0.3) is 0 Å². The zero-order chi connectivity index (χ0) is 20.5. The summed E-state index contributed by atoms with van der Waals surface area (Å²) in [5, 5.41) is 4.02. The molecule has 1 amide bonds. The number of fused-ring (bicyclic) bond motifs is 3. The zero-order valence-electron chi connectivity index (χ0n) is 16.6. The van der Waals surface area contributed by atoms with Crippen molar-refractivity contribution in [3.63, 3.8) is 0 Å². The lowest BCUT2D eigenvalue weighted by Crippen LogP contribution is -2.26. The fourth-order valence-corrected chi connectivity index (χ4v) is 5.31. The van der Waals surface area contributed by atoms with Crippen LogP contribution in [0.3, 0.4) is 0 Å². The van der Waals surface area contributed by atoms with E-state index in [-0.39, 0.29) is 17.3 Å². The quantitative estimate of drug-likeness (QED) is 0.460. The molecule has 3 aromatic rings. The summed E-state index contributed by atoms with van der Waals surface area (Å²) >= 11 is 2.92. The molecule has 0 unspecified atom stereocenters. The van der Waals surface area contributed by atoms with Crippen molar-refractivity contribution in [1.82, 2.24) is 9.97 Å². The SMILES string of the molecule is CC(C)[C@H]1Cc2c(sc3nc(S[C@H](C)C(=O)Nc4ccccc4)nc(N)c23)CO1. The number of nitrogens with zero attached hydrogens (tertiary/aromatic N) is 2. The second-order valence-electron chi connectivity index (χ2n) is 7.49. The molecule has 0 spiro atoms. The number of nitrogens with two attached hydrogens (primary N) is 1. The summed E-state index contributed by atoms with van der Waals surface area (Å²) in [5.74, 6) is 0.830. The molecule has 2 aromatic heterocycles. The lowest BCUT2D eigenvalue weighted by Gasteiger charge is -2.26. The van der Waals surface area contributed by atoms with Gasteiger partial charge in [0, 0.05) is 17.0 Å². The van der Waals surface area contributed by atoms with Crippen LogP contribution in [0.25, 0.3) is 10.2 Å². The molecule has 0 saturated heterocycles. The van der Waals surface area contributed by atoms with Crippen molar-refractivity contribution in [2.24, 2.45) is 5.92 Å². The third-order valence-corrected chi connectivity index (χ3v) is 7.07. The van der Waals surface area contributed by atoms with E-state index in [1.54, 1.807) is 11.3 Å². The number of nitrogen functional groups attached to an aromatic ring is 1. The topological polar surface area (TPSA) is 90.1 Å². The third kappa shape index (κ3) is 4.24. The average Bonchev–Trinajstić information content (AvgIpc) is 3.06. The van der Waals surface area contributed by atoms with Crippen molar-refractivity contribution in [3.05, 3.63) is 40.8 Å². The maximum atomic E-state index is 12.5. The van der Waals surface area contributed by atoms with E-state index >= 15 is 0 Å². The van der Waals surface area contributed by atoms with Gasteiger partial charge in [-0.15, -0.1) is 11.3 Å². The first kappa shape index (κ1) is 20.1. The number of ether oxygens (including phenoxy) is 1. The Morgan fingerprint density at radius 1 is 1.28 bits per heavy atom. The number of carbonyl (C=O) groups excluding carboxylic acids is 1. The minimum atomic E-state index is -0.352. The van der Waals surface area contributed by atoms with Crippen LogP contribution in [0, 0.1) is 5.92 Å². The van der Waals surface area contributed by atoms with Crippen LogP contribution in [0.4, 0.5) is 11.5 Å². The highest BCUT2D eigenvalue weighted by Gasteiger charge is 2.28. The normalized spacial score (nSPS) is 17.3. The van der Waals surface area contributed by atoms with Crippen LogP contribution in [0.5, 0.6) is 0 Å². The minimum Gasteiger partial charge on any atom is -0.383 e. The smallest absolute Gasteiger partial charge is 0.237 e. The molecule has 0 radical (unpaired) electrons. The van der Waals surface area contributed by atoms with Crippen LogP contribution in [0.2, 0.25) is 0 Å². The fraction of sp³-hybridized carbons (Fsp3) is 0.381. The Morgan fingerprint density at radius 3 is 2.76 bits per heavy atom. The van der Waals surface area contributed by atoms with Crippen molar-refractivity contribution in [3.8, 4) is 0 Å². The summed E-state index contributed by atoms with van der Waals surface area (Å²) in [6, 6.07) is 9.40. The predicted octanol–water partition coefficient (Wildman–Crippen LogP) is 4.49. The number of benzene rings is 1. The van der Waals surface area contributed by atoms with Gasteiger partial charge in [0.2, 0.25) is 5.91 Å². The average molecular weight is 429 g/mol. The first-order valence-electron chi connectivity index (χ1n) is 9.64. The molecule has 1 aliphatic heterocycles. The molecule has 0 saturated carbocycles. The number of hydrogen-bond donors (Lipinski definition) is 2. The first-order valence-corrected chi connectivity index (χ1v) is 11.3. The number of para-hydroxylation sites is 1. The van der Waals surface area contributed by atoms with Gasteiger partial charge in [0.15, 0.2) is 5.16 Å². The lowest BCUT2D eigenvalue weighted by molar-refractivity contribution is -0.115. The molecule has 29 heavy (non-hydrogen) atoms. The number of aromatic nitrogens is 2. The van der Waals surface area contributed by atoms with Crippen LogP contribution < -0.4 is 11.1 Å². The minimum absolute atomic E-state index is 0.0953. The molecule has 4 rings (SSSR count). The number of thioether (sulfide) groups is 1. The molecule has 8 heteroatoms. The monoisotopic (exact) mass is 428 g/mol. The van der Waals surface area contributed by atoms with Crippen LogP contribution in [-0.4, -0.2) is 27.2 Å². The summed E-state index contributed by atoms with van der Waals surface area (Å²) in [6.07, 6.45) is 1.03. The molecule has 3 heterocycles. The van der Waals surface area contributed by atoms with Crippen LogP contribution >= 0.6 is 23.1 Å². The Bertz CT molecular complexity index is 1040. The van der Waals surface area contributed by atoms with Gasteiger partial charge in [-0.3, -0.25) is 4.79 Å². The summed E-state index contributed by atoms with van der Waals surface area (Å²) < 4.78 is 5.98. The standard InChI is InChI=1S/C21H24N4O2S2/c1-11(2)15-9-14-16(10-27-15)29-20-17(14)18(22)24-21(25-20)28-12(3)19(26)23-13-7-5-4-6-8-13/h4-8,11-12,15H,9-10H2,1-3H3,(H,23,26)(H2,22,24,25)/t12-,15-/m1/s1. The third-order valence-electron chi connectivity index (χ3n) is 5.01. The van der Waals surface area contributed by atoms with E-state index in [1.807, 2.05) is 37.3 Å². The summed E-state index contributed by atoms with van der Waals surface area (Å²) in [4.78, 5) is 23.7. The van der Waals surface area contributed by atoms with Gasteiger partial charge in [-0.05, 0) is 30.5 Å². The van der Waals surface area contributed by atoms with Crippen molar-refractivity contribution in [2.75, 3.05) is 11.1 Å². The zero-order valence-corrected chi connectivity index (χ0v) is 18.3. The molecule has 0 bridgehead atoms. The highest BCUT2D eigenvalue weighted by atomic mass is 32.2. The Hall–Kier alpha value is -2.16. The van der Waals surface area contributed by atoms with Gasteiger partial charge >= 0.3 is 0 Å². The molecule has 0 aliphatic carbocycles. The van der Waals surface area contributed by atoms with Crippen LogP contribution in [0.1, 0.15) is 31.2 Å². The number of rotatable bonds is 5. The van der Waals surface area contributed by atoms with E-state index in [4.69, 9.17) is 15.5 Å². The van der Waals surface area contributed by atoms with Gasteiger partial charge in [0.05, 0.1) is 23.3 Å². The van der Waals surface area contributed by atoms with E-state index in [1.165, 1.54) is 22.2 Å². The van der Waals surface area contributed by atoms with Gasteiger partial charge in [-0.1, -0.05) is 43.8 Å². The van der Waals surface area contributed by atoms with Crippen molar-refractivity contribution < 1.29 is 9.53 Å². The molecule has 2 atom stereocenters. The van der Waals surface area contributed by atoms with Crippen LogP contribution in [-0.2, 0) is 22.6 Å². The number of thiophene rings is 1. The maximum absolute atomic E-state index is 12.5. The number of carbonyl (C=O) groups is 1. The molecule has 152 valence electrons. The largest absolute Gasteiger partial charge is 0.383 e. The molecule has 6 nitrogen and oxygen atoms in total. The summed E-state index contributed by atoms with van der Waals surface area (Å²) in [5.41, 5.74) is 8.31. The van der Waals surface area contributed by atoms with Gasteiger partial charge < -0.3 is 15.8 Å². The van der Waals surface area contributed by atoms with E-state index < -0.39 is 0 Å². The summed E-state index contributed by atoms with van der Waals surface area (Å²) in [6.45, 7) is 6.77. The lowest BCUT2D eigenvalue weighted by atomic mass is 9.96. The Labute approximate surface area is 178 Å².